The highest BCUT2D eigenvalue weighted by Crippen LogP contribution is 2.32. The molecule has 0 unspecified atom stereocenters. The standard InChI is InChI=1S/C22H24FN3O6/c1-5-26(22(29)30-4)17-8-6-7-15(19(17)23)13-25-12-14-9-10-16(31-20(27)24(2)3)11-18(14)32-21(25)28/h6-11H,5,12-13H2,1-4H3. The van der Waals surface area contributed by atoms with Crippen molar-refractivity contribution in [2.45, 2.75) is 20.0 Å². The Labute approximate surface area is 184 Å². The van der Waals surface area contributed by atoms with Crippen LogP contribution in [0.2, 0.25) is 0 Å². The summed E-state index contributed by atoms with van der Waals surface area (Å²) in [5.74, 6) is -0.110. The number of hydrogen-bond donors (Lipinski definition) is 0. The van der Waals surface area contributed by atoms with Crippen molar-refractivity contribution in [2.75, 3.05) is 32.6 Å². The molecule has 0 aliphatic carbocycles. The third kappa shape index (κ3) is 4.74. The molecule has 0 bridgehead atoms. The summed E-state index contributed by atoms with van der Waals surface area (Å²) >= 11 is 0. The molecule has 0 aromatic heterocycles. The topological polar surface area (TPSA) is 88.6 Å². The number of rotatable bonds is 5. The first kappa shape index (κ1) is 22.9. The second-order valence-corrected chi connectivity index (χ2v) is 7.22. The van der Waals surface area contributed by atoms with Crippen LogP contribution in [-0.4, -0.2) is 55.8 Å². The van der Waals surface area contributed by atoms with Gasteiger partial charge < -0.3 is 19.1 Å². The van der Waals surface area contributed by atoms with Gasteiger partial charge in [0.2, 0.25) is 0 Å². The highest BCUT2D eigenvalue weighted by Gasteiger charge is 2.28. The van der Waals surface area contributed by atoms with E-state index in [-0.39, 0.29) is 42.4 Å². The lowest BCUT2D eigenvalue weighted by Gasteiger charge is -2.29. The van der Waals surface area contributed by atoms with Gasteiger partial charge in [0.15, 0.2) is 5.82 Å². The zero-order chi connectivity index (χ0) is 23.4. The van der Waals surface area contributed by atoms with E-state index in [1.54, 1.807) is 39.2 Å². The molecule has 1 heterocycles. The van der Waals surface area contributed by atoms with E-state index in [9.17, 15) is 14.4 Å². The summed E-state index contributed by atoms with van der Waals surface area (Å²) in [6.07, 6.45) is -1.91. The van der Waals surface area contributed by atoms with Crippen molar-refractivity contribution in [3.8, 4) is 11.5 Å². The molecule has 0 atom stereocenters. The molecule has 1 aliphatic rings. The second kappa shape index (κ2) is 9.54. The maximum atomic E-state index is 15.1. The van der Waals surface area contributed by atoms with Crippen LogP contribution in [0.4, 0.5) is 24.5 Å². The monoisotopic (exact) mass is 445 g/mol. The van der Waals surface area contributed by atoms with E-state index in [1.807, 2.05) is 0 Å². The van der Waals surface area contributed by atoms with Crippen molar-refractivity contribution < 1.29 is 33.0 Å². The lowest BCUT2D eigenvalue weighted by molar-refractivity contribution is 0.134. The molecule has 0 saturated heterocycles. The smallest absolute Gasteiger partial charge is 0.415 e. The largest absolute Gasteiger partial charge is 0.452 e. The molecule has 3 rings (SSSR count). The van der Waals surface area contributed by atoms with Crippen molar-refractivity contribution in [3.63, 3.8) is 0 Å². The fourth-order valence-corrected chi connectivity index (χ4v) is 3.18. The van der Waals surface area contributed by atoms with Crippen LogP contribution in [0.5, 0.6) is 11.5 Å². The van der Waals surface area contributed by atoms with Crippen molar-refractivity contribution in [1.82, 2.24) is 9.80 Å². The molecule has 0 fully saturated rings. The van der Waals surface area contributed by atoms with Gasteiger partial charge in [0.25, 0.3) is 0 Å². The van der Waals surface area contributed by atoms with E-state index < -0.39 is 24.1 Å². The molecule has 1 aliphatic heterocycles. The summed E-state index contributed by atoms with van der Waals surface area (Å²) in [6.45, 7) is 2.03. The highest BCUT2D eigenvalue weighted by atomic mass is 19.1. The molecule has 2 aromatic carbocycles. The van der Waals surface area contributed by atoms with Gasteiger partial charge in [0.1, 0.15) is 11.5 Å². The Balaban J connectivity index is 1.79. The van der Waals surface area contributed by atoms with Gasteiger partial charge >= 0.3 is 18.3 Å². The molecule has 0 spiro atoms. The van der Waals surface area contributed by atoms with Gasteiger partial charge in [-0.15, -0.1) is 0 Å². The van der Waals surface area contributed by atoms with E-state index in [2.05, 4.69) is 0 Å². The van der Waals surface area contributed by atoms with Gasteiger partial charge in [0.05, 0.1) is 25.9 Å². The highest BCUT2D eigenvalue weighted by molar-refractivity contribution is 5.87. The number of benzene rings is 2. The average molecular weight is 445 g/mol. The second-order valence-electron chi connectivity index (χ2n) is 7.22. The Kier molecular flexibility index (Phi) is 6.82. The summed E-state index contributed by atoms with van der Waals surface area (Å²) in [4.78, 5) is 39.9. The van der Waals surface area contributed by atoms with Crippen molar-refractivity contribution in [1.29, 1.82) is 0 Å². The van der Waals surface area contributed by atoms with E-state index in [1.165, 1.54) is 40.0 Å². The van der Waals surface area contributed by atoms with Crippen LogP contribution in [0, 0.1) is 5.82 Å². The molecular formula is C22H24FN3O6. The molecule has 0 radical (unpaired) electrons. The molecule has 3 amide bonds. The molecule has 10 heteroatoms. The third-order valence-electron chi connectivity index (χ3n) is 4.85. The average Bonchev–Trinajstić information content (AvgIpc) is 2.76. The minimum atomic E-state index is -0.680. The Bertz CT molecular complexity index is 1040. The quantitative estimate of drug-likeness (QED) is 0.691. The summed E-state index contributed by atoms with van der Waals surface area (Å²) in [6, 6.07) is 9.34. The number of amides is 3. The third-order valence-corrected chi connectivity index (χ3v) is 4.85. The van der Waals surface area contributed by atoms with Crippen LogP contribution >= 0.6 is 0 Å². The number of anilines is 1. The van der Waals surface area contributed by atoms with Crippen molar-refractivity contribution in [2.24, 2.45) is 0 Å². The molecular weight excluding hydrogens is 421 g/mol. The number of fused-ring (bicyclic) bond motifs is 1. The number of carbonyl (C=O) groups excluding carboxylic acids is 3. The normalized spacial score (nSPS) is 12.5. The zero-order valence-electron chi connectivity index (χ0n) is 18.3. The van der Waals surface area contributed by atoms with Gasteiger partial charge in [-0.3, -0.25) is 9.80 Å². The number of ether oxygens (including phenoxy) is 3. The molecule has 32 heavy (non-hydrogen) atoms. The molecule has 170 valence electrons. The first-order valence-corrected chi connectivity index (χ1v) is 9.86. The molecule has 2 aromatic rings. The van der Waals surface area contributed by atoms with E-state index >= 15 is 4.39 Å². The van der Waals surface area contributed by atoms with Gasteiger partial charge in [0, 0.05) is 37.8 Å². The lowest BCUT2D eigenvalue weighted by atomic mass is 10.1. The fourth-order valence-electron chi connectivity index (χ4n) is 3.18. The van der Waals surface area contributed by atoms with Crippen LogP contribution < -0.4 is 14.4 Å². The minimum Gasteiger partial charge on any atom is -0.452 e. The van der Waals surface area contributed by atoms with Crippen LogP contribution in [0.3, 0.4) is 0 Å². The lowest BCUT2D eigenvalue weighted by Crippen LogP contribution is -2.37. The maximum Gasteiger partial charge on any atom is 0.415 e. The predicted octanol–water partition coefficient (Wildman–Crippen LogP) is 3.99. The van der Waals surface area contributed by atoms with Crippen molar-refractivity contribution >= 4 is 24.0 Å². The summed E-state index contributed by atoms with van der Waals surface area (Å²) in [5.41, 5.74) is 0.965. The van der Waals surface area contributed by atoms with E-state index in [0.717, 1.165) is 0 Å². The number of methoxy groups -OCH3 is 1. The minimum absolute atomic E-state index is 0.0615. The van der Waals surface area contributed by atoms with Crippen LogP contribution in [0.15, 0.2) is 36.4 Å². The fraction of sp³-hybridized carbons (Fsp3) is 0.318. The first-order chi connectivity index (χ1) is 15.2. The Morgan fingerprint density at radius 2 is 1.94 bits per heavy atom. The predicted molar refractivity (Wildman–Crippen MR) is 113 cm³/mol. The summed E-state index contributed by atoms with van der Waals surface area (Å²) < 4.78 is 30.4. The molecule has 0 saturated carbocycles. The number of nitrogens with zero attached hydrogens (tertiary/aromatic N) is 3. The summed E-state index contributed by atoms with van der Waals surface area (Å²) in [5, 5.41) is 0. The zero-order valence-corrected chi connectivity index (χ0v) is 18.3. The molecule has 9 nitrogen and oxygen atoms in total. The Morgan fingerprint density at radius 1 is 1.19 bits per heavy atom. The van der Waals surface area contributed by atoms with Gasteiger partial charge in [-0.05, 0) is 25.1 Å². The van der Waals surface area contributed by atoms with Gasteiger partial charge in [-0.1, -0.05) is 12.1 Å². The SMILES string of the molecule is CCN(C(=O)OC)c1cccc(CN2Cc3ccc(OC(=O)N(C)C)cc3OC2=O)c1F. The summed E-state index contributed by atoms with van der Waals surface area (Å²) in [7, 11) is 4.33. The Hall–Kier alpha value is -3.82. The van der Waals surface area contributed by atoms with Gasteiger partial charge in [-0.2, -0.15) is 0 Å². The van der Waals surface area contributed by atoms with Crippen LogP contribution in [0.1, 0.15) is 18.1 Å². The number of halogens is 1. The van der Waals surface area contributed by atoms with E-state index in [4.69, 9.17) is 14.2 Å². The Morgan fingerprint density at radius 3 is 2.59 bits per heavy atom. The van der Waals surface area contributed by atoms with Gasteiger partial charge in [-0.25, -0.2) is 18.8 Å². The number of carbonyl (C=O) groups is 3. The van der Waals surface area contributed by atoms with E-state index in [0.29, 0.717) is 5.56 Å². The maximum absolute atomic E-state index is 15.1. The number of hydrogen-bond acceptors (Lipinski definition) is 6. The molecule has 0 N–H and O–H groups in total. The first-order valence-electron chi connectivity index (χ1n) is 9.86. The van der Waals surface area contributed by atoms with Crippen LogP contribution in [0.25, 0.3) is 0 Å². The van der Waals surface area contributed by atoms with Crippen LogP contribution in [-0.2, 0) is 17.8 Å². The van der Waals surface area contributed by atoms with Crippen molar-refractivity contribution in [3.05, 3.63) is 53.3 Å².